The number of benzene rings is 3. The molecule has 4 unspecified atom stereocenters. The molecule has 214 valence electrons. The number of nitrogens with one attached hydrogen (secondary N) is 3. The lowest BCUT2D eigenvalue weighted by Crippen LogP contribution is -2.45. The molecule has 1 aliphatic rings. The van der Waals surface area contributed by atoms with Crippen LogP contribution in [0.15, 0.2) is 60.7 Å². The zero-order chi connectivity index (χ0) is 30.1. The topological polar surface area (TPSA) is 114 Å². The summed E-state index contributed by atoms with van der Waals surface area (Å²) in [6.45, 7) is 5.84. The molecule has 1 heterocycles. The van der Waals surface area contributed by atoms with Gasteiger partial charge in [0.05, 0.1) is 17.1 Å². The lowest BCUT2D eigenvalue weighted by atomic mass is 9.62. The third-order valence-electron chi connectivity index (χ3n) is 7.25. The van der Waals surface area contributed by atoms with Gasteiger partial charge in [-0.3, -0.25) is 14.8 Å². The van der Waals surface area contributed by atoms with Crippen LogP contribution in [-0.4, -0.2) is 29.1 Å². The van der Waals surface area contributed by atoms with Crippen LogP contribution < -0.4 is 16.1 Å². The fourth-order valence-electron chi connectivity index (χ4n) is 5.55. The second-order valence-electron chi connectivity index (χ2n) is 11.2. The van der Waals surface area contributed by atoms with Crippen LogP contribution in [0.4, 0.5) is 14.5 Å². The van der Waals surface area contributed by atoms with Gasteiger partial charge in [-0.1, -0.05) is 62.2 Å². The van der Waals surface area contributed by atoms with Crippen molar-refractivity contribution in [1.29, 1.82) is 5.26 Å². The molecule has 1 fully saturated rings. The lowest BCUT2D eigenvalue weighted by molar-refractivity contribution is -0.118. The Hall–Kier alpha value is -3.55. The molecule has 0 aliphatic carbocycles. The molecule has 4 atom stereocenters. The van der Waals surface area contributed by atoms with Crippen molar-refractivity contribution in [2.24, 2.45) is 5.41 Å². The van der Waals surface area contributed by atoms with Crippen LogP contribution in [0.25, 0.3) is 0 Å². The average Bonchev–Trinajstić information content (AvgIpc) is 3.23. The summed E-state index contributed by atoms with van der Waals surface area (Å²) in [5.74, 6) is -4.13. The highest BCUT2D eigenvalue weighted by molar-refractivity contribution is 6.31. The van der Waals surface area contributed by atoms with Gasteiger partial charge < -0.3 is 10.6 Å². The normalized spacial score (nSPS) is 22.2. The molecule has 2 amide bonds. The number of nitriles is 1. The van der Waals surface area contributed by atoms with E-state index in [2.05, 4.69) is 16.7 Å². The molecule has 1 saturated heterocycles. The van der Waals surface area contributed by atoms with E-state index in [9.17, 15) is 14.9 Å². The maximum atomic E-state index is 15.7. The van der Waals surface area contributed by atoms with E-state index in [1.54, 1.807) is 0 Å². The summed E-state index contributed by atoms with van der Waals surface area (Å²) in [5.41, 5.74) is -0.195. The Morgan fingerprint density at radius 2 is 1.78 bits per heavy atom. The summed E-state index contributed by atoms with van der Waals surface area (Å²) < 4.78 is 31.4. The van der Waals surface area contributed by atoms with Crippen molar-refractivity contribution in [2.45, 2.75) is 50.6 Å². The van der Waals surface area contributed by atoms with E-state index >= 15 is 8.78 Å². The van der Waals surface area contributed by atoms with Gasteiger partial charge in [-0.05, 0) is 59.9 Å². The van der Waals surface area contributed by atoms with Gasteiger partial charge in [-0.25, -0.2) is 14.3 Å². The van der Waals surface area contributed by atoms with Crippen LogP contribution in [0, 0.1) is 28.4 Å². The molecular formula is C30H28Cl2F2N4O3. The van der Waals surface area contributed by atoms with Crippen LogP contribution in [0.1, 0.15) is 54.6 Å². The quantitative estimate of drug-likeness (QED) is 0.194. The average molecular weight is 601 g/mol. The fourth-order valence-corrected chi connectivity index (χ4v) is 5.89. The maximum Gasteiger partial charge on any atom is 0.274 e. The van der Waals surface area contributed by atoms with E-state index in [-0.39, 0.29) is 32.2 Å². The number of anilines is 1. The molecule has 0 saturated carbocycles. The smallest absolute Gasteiger partial charge is 0.274 e. The van der Waals surface area contributed by atoms with Crippen molar-refractivity contribution in [3.63, 3.8) is 0 Å². The highest BCUT2D eigenvalue weighted by atomic mass is 35.5. The first kappa shape index (κ1) is 30.4. The monoisotopic (exact) mass is 600 g/mol. The number of rotatable bonds is 6. The molecule has 11 heteroatoms. The molecule has 1 aliphatic heterocycles. The first-order valence-electron chi connectivity index (χ1n) is 12.7. The van der Waals surface area contributed by atoms with Gasteiger partial charge in [0.2, 0.25) is 5.91 Å². The lowest BCUT2D eigenvalue weighted by Gasteiger charge is -2.37. The Kier molecular flexibility index (Phi) is 8.71. The van der Waals surface area contributed by atoms with Gasteiger partial charge in [0, 0.05) is 33.8 Å². The third kappa shape index (κ3) is 5.92. The molecule has 0 radical (unpaired) electrons. The predicted molar refractivity (Wildman–Crippen MR) is 152 cm³/mol. The first-order valence-corrected chi connectivity index (χ1v) is 13.5. The van der Waals surface area contributed by atoms with Crippen molar-refractivity contribution in [2.75, 3.05) is 5.32 Å². The van der Waals surface area contributed by atoms with Crippen molar-refractivity contribution in [3.8, 4) is 6.07 Å². The number of amides is 2. The van der Waals surface area contributed by atoms with Gasteiger partial charge in [0.15, 0.2) is 0 Å². The van der Waals surface area contributed by atoms with Crippen LogP contribution in [0.2, 0.25) is 10.0 Å². The van der Waals surface area contributed by atoms with E-state index in [1.807, 2.05) is 20.8 Å². The number of hydroxylamine groups is 1. The minimum atomic E-state index is -1.75. The zero-order valence-electron chi connectivity index (χ0n) is 22.4. The molecule has 4 N–H and O–H groups in total. The zero-order valence-corrected chi connectivity index (χ0v) is 23.9. The summed E-state index contributed by atoms with van der Waals surface area (Å²) in [7, 11) is 0. The van der Waals surface area contributed by atoms with Crippen LogP contribution >= 0.6 is 23.2 Å². The molecule has 0 spiro atoms. The Bertz CT molecular complexity index is 1520. The minimum absolute atomic E-state index is 0.0209. The summed E-state index contributed by atoms with van der Waals surface area (Å²) in [6, 6.07) is 14.2. The predicted octanol–water partition coefficient (Wildman–Crippen LogP) is 6.35. The van der Waals surface area contributed by atoms with Crippen molar-refractivity contribution >= 4 is 40.7 Å². The molecular weight excluding hydrogens is 573 g/mol. The number of halogens is 4. The Labute approximate surface area is 246 Å². The second-order valence-corrected chi connectivity index (χ2v) is 12.0. The van der Waals surface area contributed by atoms with E-state index in [4.69, 9.17) is 28.4 Å². The van der Waals surface area contributed by atoms with Crippen molar-refractivity contribution < 1.29 is 23.6 Å². The van der Waals surface area contributed by atoms with Gasteiger partial charge in [-0.15, -0.1) is 0 Å². The number of nitrogens with zero attached hydrogens (tertiary/aromatic N) is 1. The van der Waals surface area contributed by atoms with E-state index < -0.39 is 46.9 Å². The fraction of sp³-hybridized carbons (Fsp3) is 0.300. The summed E-state index contributed by atoms with van der Waals surface area (Å²) in [5, 5.41) is 25.6. The number of hydrogen-bond acceptors (Lipinski definition) is 5. The molecule has 0 bridgehead atoms. The number of carbonyl (C=O) groups excluding carboxylic acids is 2. The largest absolute Gasteiger partial charge is 0.325 e. The van der Waals surface area contributed by atoms with Gasteiger partial charge >= 0.3 is 0 Å². The summed E-state index contributed by atoms with van der Waals surface area (Å²) >= 11 is 12.2. The number of hydrogen-bond donors (Lipinski definition) is 4. The van der Waals surface area contributed by atoms with E-state index in [0.717, 1.165) is 6.07 Å². The maximum absolute atomic E-state index is 15.7. The van der Waals surface area contributed by atoms with Crippen molar-refractivity contribution in [3.05, 3.63) is 99.0 Å². The van der Waals surface area contributed by atoms with Crippen LogP contribution in [-0.2, 0) is 10.2 Å². The minimum Gasteiger partial charge on any atom is -0.325 e. The Morgan fingerprint density at radius 3 is 2.37 bits per heavy atom. The van der Waals surface area contributed by atoms with Crippen molar-refractivity contribution in [1.82, 2.24) is 10.8 Å². The highest BCUT2D eigenvalue weighted by Gasteiger charge is 2.61. The SMILES string of the molecule is CC(C)(C)CC1NC(C(=O)Nc2ccc(C(=O)NO)cc2)C(c2cccc(Cl)c2F)C1(C#N)c1ccc(Cl)cc1F. The molecule has 4 rings (SSSR count). The second kappa shape index (κ2) is 11.7. The van der Waals surface area contributed by atoms with E-state index in [0.29, 0.717) is 12.1 Å². The van der Waals surface area contributed by atoms with Crippen LogP contribution in [0.3, 0.4) is 0 Å². The standard InChI is InChI=1S/C30H28Cl2F2N4O3/c1-29(2,3)14-23-30(15-35,20-12-9-17(31)13-22(20)33)24(19-5-4-6-21(32)25(19)34)26(37-23)28(40)36-18-10-7-16(8-11-18)27(39)38-41/h4-13,23-24,26,37,41H,14H2,1-3H3,(H,36,40)(H,38,39). The molecule has 0 aromatic heterocycles. The van der Waals surface area contributed by atoms with Gasteiger partial charge in [-0.2, -0.15) is 5.26 Å². The van der Waals surface area contributed by atoms with Gasteiger partial charge in [0.1, 0.15) is 17.0 Å². The Morgan fingerprint density at radius 1 is 1.10 bits per heavy atom. The summed E-state index contributed by atoms with van der Waals surface area (Å²) in [4.78, 5) is 25.6. The van der Waals surface area contributed by atoms with Gasteiger partial charge in [0.25, 0.3) is 5.91 Å². The summed E-state index contributed by atoms with van der Waals surface area (Å²) in [6.07, 6.45) is 0.329. The number of carbonyl (C=O) groups is 2. The molecule has 7 nitrogen and oxygen atoms in total. The van der Waals surface area contributed by atoms with Crippen LogP contribution in [0.5, 0.6) is 0 Å². The van der Waals surface area contributed by atoms with E-state index in [1.165, 1.54) is 60.1 Å². The Balaban J connectivity index is 1.90. The third-order valence-corrected chi connectivity index (χ3v) is 7.77. The first-order chi connectivity index (χ1) is 19.3. The molecule has 3 aromatic carbocycles. The molecule has 41 heavy (non-hydrogen) atoms. The highest BCUT2D eigenvalue weighted by Crippen LogP contribution is 2.52. The molecule has 3 aromatic rings.